The summed E-state index contributed by atoms with van der Waals surface area (Å²) < 4.78 is 5.63. The number of carbonyl (C=O) groups is 1. The van der Waals surface area contributed by atoms with E-state index in [0.29, 0.717) is 6.42 Å². The molecule has 3 rings (SSSR count). The standard InChI is InChI=1S/C22H28N2O2/c1-26-22(24-15-8-13-21(24)25)14-16-23(17-19-9-4-2-5-10-19)18-20-11-6-3-7-12-20/h2-7,9-12,22H,8,13-18H2,1H3. The maximum absolute atomic E-state index is 12.0. The molecule has 2 aromatic rings. The van der Waals surface area contributed by atoms with Gasteiger partial charge in [0.05, 0.1) is 0 Å². The second-order valence-corrected chi connectivity index (χ2v) is 6.85. The van der Waals surface area contributed by atoms with Crippen LogP contribution in [0.25, 0.3) is 0 Å². The largest absolute Gasteiger partial charge is 0.361 e. The highest BCUT2D eigenvalue weighted by Gasteiger charge is 2.28. The zero-order valence-corrected chi connectivity index (χ0v) is 15.5. The molecule has 0 aliphatic carbocycles. The molecule has 4 nitrogen and oxygen atoms in total. The summed E-state index contributed by atoms with van der Waals surface area (Å²) in [4.78, 5) is 16.4. The number of carbonyl (C=O) groups excluding carboxylic acids is 1. The predicted molar refractivity (Wildman–Crippen MR) is 103 cm³/mol. The smallest absolute Gasteiger partial charge is 0.224 e. The molecule has 0 aromatic heterocycles. The van der Waals surface area contributed by atoms with Gasteiger partial charge in [0.15, 0.2) is 0 Å². The Morgan fingerprint density at radius 1 is 1.00 bits per heavy atom. The third-order valence-corrected chi connectivity index (χ3v) is 4.92. The van der Waals surface area contributed by atoms with Crippen LogP contribution >= 0.6 is 0 Å². The summed E-state index contributed by atoms with van der Waals surface area (Å²) in [6.07, 6.45) is 2.29. The molecule has 4 heteroatoms. The van der Waals surface area contributed by atoms with Gasteiger partial charge in [-0.1, -0.05) is 60.7 Å². The molecule has 26 heavy (non-hydrogen) atoms. The second kappa shape index (κ2) is 9.51. The molecule has 1 aliphatic rings. The Balaban J connectivity index is 1.65. The number of hydrogen-bond donors (Lipinski definition) is 0. The fourth-order valence-electron chi connectivity index (χ4n) is 3.56. The highest BCUT2D eigenvalue weighted by Crippen LogP contribution is 2.18. The van der Waals surface area contributed by atoms with Crippen LogP contribution in [0.4, 0.5) is 0 Å². The lowest BCUT2D eigenvalue weighted by molar-refractivity contribution is -0.139. The van der Waals surface area contributed by atoms with Crippen LogP contribution in [0.3, 0.4) is 0 Å². The van der Waals surface area contributed by atoms with Crippen LogP contribution < -0.4 is 0 Å². The molecule has 138 valence electrons. The molecular weight excluding hydrogens is 324 g/mol. The van der Waals surface area contributed by atoms with Gasteiger partial charge in [0.1, 0.15) is 6.23 Å². The van der Waals surface area contributed by atoms with E-state index in [-0.39, 0.29) is 12.1 Å². The first-order valence-electron chi connectivity index (χ1n) is 9.39. The fourth-order valence-corrected chi connectivity index (χ4v) is 3.56. The summed E-state index contributed by atoms with van der Waals surface area (Å²) in [5, 5.41) is 0. The van der Waals surface area contributed by atoms with Crippen molar-refractivity contribution in [2.45, 2.75) is 38.6 Å². The molecule has 0 bridgehead atoms. The van der Waals surface area contributed by atoms with Crippen LogP contribution in [0.2, 0.25) is 0 Å². The highest BCUT2D eigenvalue weighted by atomic mass is 16.5. The van der Waals surface area contributed by atoms with E-state index in [1.807, 2.05) is 17.0 Å². The van der Waals surface area contributed by atoms with Gasteiger partial charge in [-0.15, -0.1) is 0 Å². The van der Waals surface area contributed by atoms with E-state index in [4.69, 9.17) is 4.74 Å². The van der Waals surface area contributed by atoms with Gasteiger partial charge >= 0.3 is 0 Å². The van der Waals surface area contributed by atoms with Gasteiger partial charge in [0.25, 0.3) is 0 Å². The topological polar surface area (TPSA) is 32.8 Å². The zero-order chi connectivity index (χ0) is 18.2. The third-order valence-electron chi connectivity index (χ3n) is 4.92. The number of methoxy groups -OCH3 is 1. The SMILES string of the molecule is COC(CCN(Cc1ccccc1)Cc1ccccc1)N1CCCC1=O. The Hall–Kier alpha value is -2.17. The van der Waals surface area contributed by atoms with Crippen molar-refractivity contribution in [3.8, 4) is 0 Å². The quantitative estimate of drug-likeness (QED) is 0.690. The summed E-state index contributed by atoms with van der Waals surface area (Å²) in [5.74, 6) is 0.217. The molecule has 1 heterocycles. The minimum absolute atomic E-state index is 0.126. The molecule has 0 radical (unpaired) electrons. The van der Waals surface area contributed by atoms with E-state index in [1.54, 1.807) is 7.11 Å². The lowest BCUT2D eigenvalue weighted by Crippen LogP contribution is -2.40. The highest BCUT2D eigenvalue weighted by molar-refractivity contribution is 5.78. The van der Waals surface area contributed by atoms with E-state index in [0.717, 1.165) is 39.0 Å². The predicted octanol–water partition coefficient (Wildman–Crippen LogP) is 3.67. The summed E-state index contributed by atoms with van der Waals surface area (Å²) in [6, 6.07) is 21.1. The average Bonchev–Trinajstić information content (AvgIpc) is 3.10. The summed E-state index contributed by atoms with van der Waals surface area (Å²) in [7, 11) is 1.70. The third kappa shape index (κ3) is 5.16. The minimum atomic E-state index is -0.126. The molecule has 0 saturated carbocycles. The molecule has 1 amide bonds. The van der Waals surface area contributed by atoms with Crippen molar-refractivity contribution >= 4 is 5.91 Å². The molecule has 1 atom stereocenters. The average molecular weight is 352 g/mol. The first-order chi connectivity index (χ1) is 12.8. The summed E-state index contributed by atoms with van der Waals surface area (Å²) in [5.41, 5.74) is 2.60. The summed E-state index contributed by atoms with van der Waals surface area (Å²) in [6.45, 7) is 3.47. The van der Waals surface area contributed by atoms with Crippen LogP contribution in [0.15, 0.2) is 60.7 Å². The van der Waals surface area contributed by atoms with Crippen molar-refractivity contribution in [1.29, 1.82) is 0 Å². The second-order valence-electron chi connectivity index (χ2n) is 6.85. The van der Waals surface area contributed by atoms with E-state index in [1.165, 1.54) is 11.1 Å². The van der Waals surface area contributed by atoms with Crippen molar-refractivity contribution in [3.05, 3.63) is 71.8 Å². The number of likely N-dealkylation sites (tertiary alicyclic amines) is 1. The van der Waals surface area contributed by atoms with Gasteiger partial charge in [0, 0.05) is 46.1 Å². The number of ether oxygens (including phenoxy) is 1. The number of hydrogen-bond acceptors (Lipinski definition) is 3. The molecule has 0 N–H and O–H groups in total. The lowest BCUT2D eigenvalue weighted by Gasteiger charge is -2.29. The zero-order valence-electron chi connectivity index (χ0n) is 15.5. The first kappa shape index (κ1) is 18.6. The molecule has 1 fully saturated rings. The van der Waals surface area contributed by atoms with Crippen molar-refractivity contribution in [3.63, 3.8) is 0 Å². The maximum atomic E-state index is 12.0. The van der Waals surface area contributed by atoms with Crippen LogP contribution in [0.5, 0.6) is 0 Å². The Kier molecular flexibility index (Phi) is 6.81. The molecule has 1 unspecified atom stereocenters. The first-order valence-corrected chi connectivity index (χ1v) is 9.39. The van der Waals surface area contributed by atoms with E-state index in [2.05, 4.69) is 53.4 Å². The van der Waals surface area contributed by atoms with Crippen molar-refractivity contribution < 1.29 is 9.53 Å². The van der Waals surface area contributed by atoms with Crippen molar-refractivity contribution in [2.75, 3.05) is 20.2 Å². The monoisotopic (exact) mass is 352 g/mol. The van der Waals surface area contributed by atoms with Crippen LogP contribution in [0, 0.1) is 0 Å². The summed E-state index contributed by atoms with van der Waals surface area (Å²) >= 11 is 0. The number of benzene rings is 2. The fraction of sp³-hybridized carbons (Fsp3) is 0.409. The lowest BCUT2D eigenvalue weighted by atomic mass is 10.1. The van der Waals surface area contributed by atoms with Gasteiger partial charge < -0.3 is 9.64 Å². The van der Waals surface area contributed by atoms with Gasteiger partial charge in [-0.25, -0.2) is 0 Å². The maximum Gasteiger partial charge on any atom is 0.224 e. The molecular formula is C22H28N2O2. The van der Waals surface area contributed by atoms with Crippen LogP contribution in [0.1, 0.15) is 30.4 Å². The van der Waals surface area contributed by atoms with E-state index < -0.39 is 0 Å². The molecule has 1 saturated heterocycles. The Bertz CT molecular complexity index is 634. The van der Waals surface area contributed by atoms with E-state index in [9.17, 15) is 4.79 Å². The van der Waals surface area contributed by atoms with Crippen molar-refractivity contribution in [1.82, 2.24) is 9.80 Å². The van der Waals surface area contributed by atoms with Gasteiger partial charge in [-0.05, 0) is 17.5 Å². The Labute approximate surface area is 156 Å². The van der Waals surface area contributed by atoms with Gasteiger partial charge in [0.2, 0.25) is 5.91 Å². The van der Waals surface area contributed by atoms with E-state index >= 15 is 0 Å². The minimum Gasteiger partial charge on any atom is -0.361 e. The van der Waals surface area contributed by atoms with Crippen LogP contribution in [-0.4, -0.2) is 42.1 Å². The number of amides is 1. The molecule has 0 spiro atoms. The normalized spacial score (nSPS) is 15.6. The van der Waals surface area contributed by atoms with Gasteiger partial charge in [-0.3, -0.25) is 9.69 Å². The van der Waals surface area contributed by atoms with Crippen molar-refractivity contribution in [2.24, 2.45) is 0 Å². The Morgan fingerprint density at radius 2 is 1.58 bits per heavy atom. The molecule has 2 aromatic carbocycles. The number of rotatable bonds is 9. The van der Waals surface area contributed by atoms with Crippen LogP contribution in [-0.2, 0) is 22.6 Å². The number of nitrogens with zero attached hydrogens (tertiary/aromatic N) is 2. The van der Waals surface area contributed by atoms with Gasteiger partial charge in [-0.2, -0.15) is 0 Å². The Morgan fingerprint density at radius 3 is 2.04 bits per heavy atom. The molecule has 1 aliphatic heterocycles.